The molecule has 23 heavy (non-hydrogen) atoms. The SMILES string of the molecule is CC(C)[C@H](NC(=O)OC(C)(C)C)C(=O)NCCN1CCCCC1. The largest absolute Gasteiger partial charge is 0.444 e. The van der Waals surface area contributed by atoms with Crippen molar-refractivity contribution < 1.29 is 14.3 Å². The number of alkyl carbamates (subject to hydrolysis) is 1. The Labute approximate surface area is 140 Å². The summed E-state index contributed by atoms with van der Waals surface area (Å²) in [5.41, 5.74) is -0.573. The second-order valence-corrected chi connectivity index (χ2v) is 7.56. The van der Waals surface area contributed by atoms with E-state index in [0.717, 1.165) is 19.6 Å². The van der Waals surface area contributed by atoms with Crippen molar-refractivity contribution >= 4 is 12.0 Å². The average molecular weight is 327 g/mol. The Morgan fingerprint density at radius 1 is 1.13 bits per heavy atom. The second-order valence-electron chi connectivity index (χ2n) is 7.56. The van der Waals surface area contributed by atoms with E-state index in [1.807, 2.05) is 13.8 Å². The van der Waals surface area contributed by atoms with E-state index in [0.29, 0.717) is 6.54 Å². The number of likely N-dealkylation sites (tertiary alicyclic amines) is 1. The van der Waals surface area contributed by atoms with Gasteiger partial charge in [0.05, 0.1) is 0 Å². The van der Waals surface area contributed by atoms with Gasteiger partial charge in [0.25, 0.3) is 0 Å². The van der Waals surface area contributed by atoms with Crippen LogP contribution in [0, 0.1) is 5.92 Å². The Morgan fingerprint density at radius 3 is 2.26 bits per heavy atom. The van der Waals surface area contributed by atoms with Gasteiger partial charge in [0, 0.05) is 13.1 Å². The number of ether oxygens (including phenoxy) is 1. The molecule has 1 aliphatic rings. The maximum atomic E-state index is 12.3. The van der Waals surface area contributed by atoms with Gasteiger partial charge in [-0.3, -0.25) is 4.79 Å². The highest BCUT2D eigenvalue weighted by Gasteiger charge is 2.26. The molecule has 6 nitrogen and oxygen atoms in total. The number of rotatable bonds is 6. The Balaban J connectivity index is 2.39. The highest BCUT2D eigenvalue weighted by Crippen LogP contribution is 2.09. The van der Waals surface area contributed by atoms with Crippen molar-refractivity contribution in [3.8, 4) is 0 Å². The first kappa shape index (κ1) is 19.7. The van der Waals surface area contributed by atoms with Gasteiger partial charge in [0.2, 0.25) is 5.91 Å². The van der Waals surface area contributed by atoms with Gasteiger partial charge in [0.15, 0.2) is 0 Å². The lowest BCUT2D eigenvalue weighted by Crippen LogP contribution is -2.52. The van der Waals surface area contributed by atoms with Gasteiger partial charge in [-0.2, -0.15) is 0 Å². The molecular formula is C17H33N3O3. The van der Waals surface area contributed by atoms with Crippen molar-refractivity contribution in [1.29, 1.82) is 0 Å². The van der Waals surface area contributed by atoms with Crippen LogP contribution in [-0.4, -0.2) is 54.7 Å². The number of nitrogens with one attached hydrogen (secondary N) is 2. The standard InChI is InChI=1S/C17H33N3O3/c1-13(2)14(19-16(22)23-17(3,4)5)15(21)18-9-12-20-10-7-6-8-11-20/h13-14H,6-12H2,1-5H3,(H,18,21)(H,19,22)/t14-/m0/s1. The third-order valence-electron chi connectivity index (χ3n) is 3.80. The summed E-state index contributed by atoms with van der Waals surface area (Å²) in [5, 5.41) is 5.60. The fraction of sp³-hybridized carbons (Fsp3) is 0.882. The molecule has 1 aliphatic heterocycles. The zero-order valence-corrected chi connectivity index (χ0v) is 15.3. The Morgan fingerprint density at radius 2 is 1.74 bits per heavy atom. The van der Waals surface area contributed by atoms with Gasteiger partial charge in [-0.25, -0.2) is 4.79 Å². The van der Waals surface area contributed by atoms with Crippen molar-refractivity contribution in [3.63, 3.8) is 0 Å². The Bertz CT molecular complexity index is 385. The van der Waals surface area contributed by atoms with E-state index in [2.05, 4.69) is 15.5 Å². The minimum Gasteiger partial charge on any atom is -0.444 e. The molecule has 6 heteroatoms. The molecule has 0 spiro atoms. The van der Waals surface area contributed by atoms with Crippen LogP contribution in [0.3, 0.4) is 0 Å². The quantitative estimate of drug-likeness (QED) is 0.784. The fourth-order valence-corrected chi connectivity index (χ4v) is 2.60. The van der Waals surface area contributed by atoms with E-state index in [-0.39, 0.29) is 11.8 Å². The zero-order chi connectivity index (χ0) is 17.5. The van der Waals surface area contributed by atoms with E-state index >= 15 is 0 Å². The third kappa shape index (κ3) is 8.21. The number of hydrogen-bond donors (Lipinski definition) is 2. The van der Waals surface area contributed by atoms with E-state index in [1.165, 1.54) is 19.3 Å². The average Bonchev–Trinajstić information content (AvgIpc) is 2.43. The van der Waals surface area contributed by atoms with Crippen molar-refractivity contribution in [1.82, 2.24) is 15.5 Å². The molecule has 134 valence electrons. The summed E-state index contributed by atoms with van der Waals surface area (Å²) in [6, 6.07) is -0.578. The number of hydrogen-bond acceptors (Lipinski definition) is 4. The Kier molecular flexibility index (Phi) is 7.82. The Hall–Kier alpha value is -1.30. The molecule has 0 aliphatic carbocycles. The van der Waals surface area contributed by atoms with Crippen LogP contribution in [0.1, 0.15) is 53.9 Å². The van der Waals surface area contributed by atoms with Crippen LogP contribution < -0.4 is 10.6 Å². The van der Waals surface area contributed by atoms with Crippen molar-refractivity contribution in [3.05, 3.63) is 0 Å². The molecule has 0 radical (unpaired) electrons. The smallest absolute Gasteiger partial charge is 0.408 e. The number of piperidine rings is 1. The van der Waals surface area contributed by atoms with E-state index in [9.17, 15) is 9.59 Å². The monoisotopic (exact) mass is 327 g/mol. The lowest BCUT2D eigenvalue weighted by Gasteiger charge is -2.27. The maximum absolute atomic E-state index is 12.3. The van der Waals surface area contributed by atoms with E-state index < -0.39 is 17.7 Å². The van der Waals surface area contributed by atoms with E-state index in [4.69, 9.17) is 4.74 Å². The van der Waals surface area contributed by atoms with Crippen molar-refractivity contribution in [2.45, 2.75) is 65.5 Å². The third-order valence-corrected chi connectivity index (χ3v) is 3.80. The van der Waals surface area contributed by atoms with Crippen LogP contribution in [0.25, 0.3) is 0 Å². The summed E-state index contributed by atoms with van der Waals surface area (Å²) in [7, 11) is 0. The number of carbonyl (C=O) groups excluding carboxylic acids is 2. The zero-order valence-electron chi connectivity index (χ0n) is 15.3. The minimum atomic E-state index is -0.578. The first-order valence-corrected chi connectivity index (χ1v) is 8.68. The van der Waals surface area contributed by atoms with Crippen LogP contribution in [-0.2, 0) is 9.53 Å². The van der Waals surface area contributed by atoms with Gasteiger partial charge in [-0.05, 0) is 52.6 Å². The van der Waals surface area contributed by atoms with Gasteiger partial charge in [-0.1, -0.05) is 20.3 Å². The first-order chi connectivity index (χ1) is 10.7. The molecule has 1 rings (SSSR count). The normalized spacial score (nSPS) is 17.7. The van der Waals surface area contributed by atoms with Crippen LogP contribution in [0.4, 0.5) is 4.79 Å². The highest BCUT2D eigenvalue weighted by molar-refractivity contribution is 5.85. The molecule has 2 N–H and O–H groups in total. The summed E-state index contributed by atoms with van der Waals surface area (Å²) < 4.78 is 5.23. The second kappa shape index (κ2) is 9.11. The van der Waals surface area contributed by atoms with E-state index in [1.54, 1.807) is 20.8 Å². The van der Waals surface area contributed by atoms with Gasteiger partial charge in [0.1, 0.15) is 11.6 Å². The summed E-state index contributed by atoms with van der Waals surface area (Å²) >= 11 is 0. The number of amides is 2. The molecule has 0 saturated carbocycles. The molecule has 1 saturated heterocycles. The lowest BCUT2D eigenvalue weighted by atomic mass is 10.0. The van der Waals surface area contributed by atoms with Crippen LogP contribution >= 0.6 is 0 Å². The van der Waals surface area contributed by atoms with Crippen molar-refractivity contribution in [2.24, 2.45) is 5.92 Å². The predicted molar refractivity (Wildman–Crippen MR) is 91.3 cm³/mol. The molecule has 1 fully saturated rings. The van der Waals surface area contributed by atoms with Crippen molar-refractivity contribution in [2.75, 3.05) is 26.2 Å². The first-order valence-electron chi connectivity index (χ1n) is 8.68. The topological polar surface area (TPSA) is 70.7 Å². The lowest BCUT2D eigenvalue weighted by molar-refractivity contribution is -0.124. The highest BCUT2D eigenvalue weighted by atomic mass is 16.6. The summed E-state index contributed by atoms with van der Waals surface area (Å²) in [4.78, 5) is 26.6. The molecular weight excluding hydrogens is 294 g/mol. The number of nitrogens with zero attached hydrogens (tertiary/aromatic N) is 1. The summed E-state index contributed by atoms with van der Waals surface area (Å²) in [5.74, 6) is -0.152. The fourth-order valence-electron chi connectivity index (χ4n) is 2.60. The van der Waals surface area contributed by atoms with Gasteiger partial charge in [-0.15, -0.1) is 0 Å². The molecule has 1 atom stereocenters. The van der Waals surface area contributed by atoms with Gasteiger partial charge >= 0.3 is 6.09 Å². The minimum absolute atomic E-state index is 0.00231. The van der Waals surface area contributed by atoms with Crippen LogP contribution in [0.2, 0.25) is 0 Å². The van der Waals surface area contributed by atoms with Crippen LogP contribution in [0.15, 0.2) is 0 Å². The van der Waals surface area contributed by atoms with Gasteiger partial charge < -0.3 is 20.3 Å². The molecule has 0 unspecified atom stereocenters. The molecule has 2 amide bonds. The predicted octanol–water partition coefficient (Wildman–Crippen LogP) is 2.14. The number of carbonyl (C=O) groups is 2. The molecule has 0 bridgehead atoms. The molecule has 1 heterocycles. The van der Waals surface area contributed by atoms with Crippen LogP contribution in [0.5, 0.6) is 0 Å². The molecule has 0 aromatic rings. The summed E-state index contributed by atoms with van der Waals surface area (Å²) in [6.45, 7) is 12.9. The molecule has 0 aromatic heterocycles. The molecule has 0 aromatic carbocycles. The summed E-state index contributed by atoms with van der Waals surface area (Å²) in [6.07, 6.45) is 3.23. The maximum Gasteiger partial charge on any atom is 0.408 e.